The molecule has 0 aliphatic carbocycles. The Balaban J connectivity index is 0.00000200. The van der Waals surface area contributed by atoms with Crippen molar-refractivity contribution in [2.24, 2.45) is 5.73 Å². The highest BCUT2D eigenvalue weighted by molar-refractivity contribution is 5.85. The Kier molecular flexibility index (Phi) is 5.73. The lowest BCUT2D eigenvalue weighted by atomic mass is 10.0. The fourth-order valence-corrected chi connectivity index (χ4v) is 1.81. The quantitative estimate of drug-likeness (QED) is 0.806. The van der Waals surface area contributed by atoms with E-state index in [1.165, 1.54) is 0 Å². The minimum Gasteiger partial charge on any atom is -0.348 e. The lowest BCUT2D eigenvalue weighted by molar-refractivity contribution is -0.123. The zero-order valence-electron chi connectivity index (χ0n) is 11.5. The van der Waals surface area contributed by atoms with Gasteiger partial charge in [0, 0.05) is 11.8 Å². The summed E-state index contributed by atoms with van der Waals surface area (Å²) >= 11 is 0. The van der Waals surface area contributed by atoms with Crippen molar-refractivity contribution < 1.29 is 4.79 Å². The molecule has 6 heteroatoms. The molecule has 5 nitrogen and oxygen atoms in total. The average Bonchev–Trinajstić information content (AvgIpc) is 2.92. The summed E-state index contributed by atoms with van der Waals surface area (Å²) in [5.41, 5.74) is 8.83. The van der Waals surface area contributed by atoms with Crippen LogP contribution in [-0.2, 0) is 4.79 Å². The molecule has 0 saturated heterocycles. The van der Waals surface area contributed by atoms with Crippen molar-refractivity contribution in [3.63, 3.8) is 0 Å². The fourth-order valence-electron chi connectivity index (χ4n) is 1.81. The number of aromatic amines is 1. The largest absolute Gasteiger partial charge is 0.348 e. The number of halogens is 1. The van der Waals surface area contributed by atoms with Crippen molar-refractivity contribution >= 4 is 18.3 Å². The predicted molar refractivity (Wildman–Crippen MR) is 80.5 cm³/mol. The second-order valence-electron chi connectivity index (χ2n) is 4.65. The third kappa shape index (κ3) is 3.82. The Morgan fingerprint density at radius 2 is 1.95 bits per heavy atom. The highest BCUT2D eigenvalue weighted by Gasteiger charge is 2.18. The topological polar surface area (TPSA) is 83.8 Å². The van der Waals surface area contributed by atoms with E-state index >= 15 is 0 Å². The van der Waals surface area contributed by atoms with Gasteiger partial charge in [-0.25, -0.2) is 0 Å². The van der Waals surface area contributed by atoms with Crippen LogP contribution in [0.4, 0.5) is 0 Å². The van der Waals surface area contributed by atoms with E-state index in [4.69, 9.17) is 5.73 Å². The number of benzene rings is 1. The fraction of sp³-hybridized carbons (Fsp3) is 0.286. The summed E-state index contributed by atoms with van der Waals surface area (Å²) in [4.78, 5) is 12.1. The number of H-pyrrole nitrogens is 1. The van der Waals surface area contributed by atoms with E-state index in [2.05, 4.69) is 15.5 Å². The van der Waals surface area contributed by atoms with Gasteiger partial charge in [-0.1, -0.05) is 29.8 Å². The molecule has 0 bridgehead atoms. The van der Waals surface area contributed by atoms with E-state index in [1.807, 2.05) is 38.1 Å². The molecule has 0 aliphatic rings. The second-order valence-corrected chi connectivity index (χ2v) is 4.65. The number of hydrogen-bond acceptors (Lipinski definition) is 3. The highest BCUT2D eigenvalue weighted by Crippen LogP contribution is 2.14. The molecule has 20 heavy (non-hydrogen) atoms. The van der Waals surface area contributed by atoms with Gasteiger partial charge in [0.15, 0.2) is 0 Å². The molecule has 0 aliphatic heterocycles. The van der Waals surface area contributed by atoms with Crippen LogP contribution in [0, 0.1) is 6.92 Å². The van der Waals surface area contributed by atoms with Crippen molar-refractivity contribution in [1.82, 2.24) is 15.5 Å². The van der Waals surface area contributed by atoms with Crippen molar-refractivity contribution in [3.8, 4) is 0 Å². The standard InChI is InChI=1S/C14H18N4O.ClH/c1-9-3-5-11(6-4-9)13(15)14(19)18-10(2)12-7-16-17-8-12;/h3-8,10,13H,15H2,1-2H3,(H,16,17)(H,18,19);1H. The van der Waals surface area contributed by atoms with Crippen molar-refractivity contribution in [2.45, 2.75) is 25.9 Å². The minimum atomic E-state index is -0.657. The third-order valence-electron chi connectivity index (χ3n) is 3.10. The van der Waals surface area contributed by atoms with Crippen LogP contribution in [-0.4, -0.2) is 16.1 Å². The maximum atomic E-state index is 12.1. The smallest absolute Gasteiger partial charge is 0.241 e. The molecule has 2 atom stereocenters. The number of rotatable bonds is 4. The monoisotopic (exact) mass is 294 g/mol. The number of nitrogens with zero attached hydrogens (tertiary/aromatic N) is 1. The molecule has 1 heterocycles. The third-order valence-corrected chi connectivity index (χ3v) is 3.10. The summed E-state index contributed by atoms with van der Waals surface area (Å²) in [6.45, 7) is 3.89. The summed E-state index contributed by atoms with van der Waals surface area (Å²) in [6, 6.07) is 6.87. The Hall–Kier alpha value is -1.85. The first-order valence-electron chi connectivity index (χ1n) is 6.19. The Morgan fingerprint density at radius 3 is 2.50 bits per heavy atom. The number of amides is 1. The zero-order chi connectivity index (χ0) is 13.8. The second kappa shape index (κ2) is 7.07. The van der Waals surface area contributed by atoms with Crippen LogP contribution >= 0.6 is 12.4 Å². The normalized spacial score (nSPS) is 13.2. The highest BCUT2D eigenvalue weighted by atomic mass is 35.5. The lowest BCUT2D eigenvalue weighted by Crippen LogP contribution is -2.35. The van der Waals surface area contributed by atoms with E-state index in [0.29, 0.717) is 0 Å². The van der Waals surface area contributed by atoms with Crippen molar-refractivity contribution in [1.29, 1.82) is 0 Å². The van der Waals surface area contributed by atoms with Gasteiger partial charge in [-0.2, -0.15) is 5.10 Å². The number of aromatic nitrogens is 2. The number of hydrogen-bond donors (Lipinski definition) is 3. The van der Waals surface area contributed by atoms with Crippen molar-refractivity contribution in [2.75, 3.05) is 0 Å². The number of carbonyl (C=O) groups excluding carboxylic acids is 1. The van der Waals surface area contributed by atoms with E-state index in [1.54, 1.807) is 12.4 Å². The van der Waals surface area contributed by atoms with Crippen LogP contribution in [0.25, 0.3) is 0 Å². The van der Waals surface area contributed by atoms with Crippen LogP contribution in [0.3, 0.4) is 0 Å². The van der Waals surface area contributed by atoms with Crippen LogP contribution in [0.5, 0.6) is 0 Å². The molecular formula is C14H19ClN4O. The van der Waals surface area contributed by atoms with Crippen LogP contribution < -0.4 is 11.1 Å². The molecular weight excluding hydrogens is 276 g/mol. The molecule has 1 aromatic heterocycles. The molecule has 0 radical (unpaired) electrons. The zero-order valence-corrected chi connectivity index (χ0v) is 12.3. The average molecular weight is 295 g/mol. The first-order valence-corrected chi connectivity index (χ1v) is 6.19. The Bertz CT molecular complexity index is 539. The SMILES string of the molecule is Cc1ccc(C(N)C(=O)NC(C)c2cn[nH]c2)cc1.Cl. The molecule has 108 valence electrons. The number of carbonyl (C=O) groups is 1. The maximum absolute atomic E-state index is 12.1. The molecule has 1 aromatic carbocycles. The summed E-state index contributed by atoms with van der Waals surface area (Å²) < 4.78 is 0. The van der Waals surface area contributed by atoms with E-state index in [-0.39, 0.29) is 24.4 Å². The molecule has 2 unspecified atom stereocenters. The van der Waals surface area contributed by atoms with Gasteiger partial charge in [-0.05, 0) is 19.4 Å². The van der Waals surface area contributed by atoms with Gasteiger partial charge in [0.25, 0.3) is 0 Å². The number of nitrogens with two attached hydrogens (primary N) is 1. The molecule has 0 saturated carbocycles. The van der Waals surface area contributed by atoms with Gasteiger partial charge >= 0.3 is 0 Å². The van der Waals surface area contributed by atoms with Gasteiger partial charge < -0.3 is 11.1 Å². The van der Waals surface area contributed by atoms with Gasteiger partial charge in [-0.15, -0.1) is 12.4 Å². The van der Waals surface area contributed by atoms with Gasteiger partial charge in [0.2, 0.25) is 5.91 Å². The number of aryl methyl sites for hydroxylation is 1. The first kappa shape index (κ1) is 16.2. The Morgan fingerprint density at radius 1 is 1.30 bits per heavy atom. The molecule has 0 fully saturated rings. The van der Waals surface area contributed by atoms with E-state index in [9.17, 15) is 4.79 Å². The minimum absolute atomic E-state index is 0. The molecule has 2 rings (SSSR count). The Labute approximate surface area is 124 Å². The number of nitrogens with one attached hydrogen (secondary N) is 2. The van der Waals surface area contributed by atoms with E-state index in [0.717, 1.165) is 16.7 Å². The first-order chi connectivity index (χ1) is 9.08. The van der Waals surface area contributed by atoms with Gasteiger partial charge in [0.1, 0.15) is 6.04 Å². The van der Waals surface area contributed by atoms with Crippen LogP contribution in [0.2, 0.25) is 0 Å². The van der Waals surface area contributed by atoms with Crippen molar-refractivity contribution in [3.05, 3.63) is 53.3 Å². The van der Waals surface area contributed by atoms with Crippen LogP contribution in [0.1, 0.15) is 35.7 Å². The molecule has 1 amide bonds. The summed E-state index contributed by atoms with van der Waals surface area (Å²) in [6.07, 6.45) is 3.44. The van der Waals surface area contributed by atoms with Crippen LogP contribution in [0.15, 0.2) is 36.7 Å². The molecule has 0 spiro atoms. The lowest BCUT2D eigenvalue weighted by Gasteiger charge is -2.17. The van der Waals surface area contributed by atoms with Gasteiger partial charge in [-0.3, -0.25) is 9.89 Å². The molecule has 4 N–H and O–H groups in total. The summed E-state index contributed by atoms with van der Waals surface area (Å²) in [5, 5.41) is 9.45. The predicted octanol–water partition coefficient (Wildman–Crippen LogP) is 2.02. The van der Waals surface area contributed by atoms with Gasteiger partial charge in [0.05, 0.1) is 12.2 Å². The maximum Gasteiger partial charge on any atom is 0.241 e. The summed E-state index contributed by atoms with van der Waals surface area (Å²) in [7, 11) is 0. The van der Waals surface area contributed by atoms with E-state index < -0.39 is 6.04 Å². The summed E-state index contributed by atoms with van der Waals surface area (Å²) in [5.74, 6) is -0.197. The molecule has 2 aromatic rings.